The van der Waals surface area contributed by atoms with Crippen LogP contribution in [0.3, 0.4) is 0 Å². The van der Waals surface area contributed by atoms with Crippen molar-refractivity contribution in [2.24, 2.45) is 9.98 Å². The lowest BCUT2D eigenvalue weighted by Crippen LogP contribution is -2.33. The molecule has 10 heteroatoms. The fraction of sp³-hybridized carbons (Fsp3) is 0.0952. The number of H-pyrrole nitrogens is 1. The number of nitrogens with two attached hydrogens (primary N) is 1. The van der Waals surface area contributed by atoms with E-state index in [1.165, 1.54) is 6.20 Å². The van der Waals surface area contributed by atoms with E-state index in [-0.39, 0.29) is 16.9 Å². The lowest BCUT2D eigenvalue weighted by atomic mass is 10.1. The second-order valence-corrected chi connectivity index (χ2v) is 6.26. The van der Waals surface area contributed by atoms with Crippen molar-refractivity contribution in [2.45, 2.75) is 12.8 Å². The molecule has 1 aromatic carbocycles. The van der Waals surface area contributed by atoms with Crippen molar-refractivity contribution in [1.29, 1.82) is 0 Å². The van der Waals surface area contributed by atoms with E-state index in [1.54, 1.807) is 36.7 Å². The monoisotopic (exact) mass is 418 g/mol. The van der Waals surface area contributed by atoms with Gasteiger partial charge in [-0.2, -0.15) is 0 Å². The van der Waals surface area contributed by atoms with Gasteiger partial charge in [-0.3, -0.25) is 20.7 Å². The number of nitrogens with zero attached hydrogens (tertiary/aromatic N) is 3. The maximum atomic E-state index is 12.5. The number of para-hydroxylation sites is 1. The van der Waals surface area contributed by atoms with Crippen LogP contribution in [0.2, 0.25) is 0 Å². The number of imidazole rings is 1. The van der Waals surface area contributed by atoms with E-state index >= 15 is 0 Å². The number of aromatic amines is 1. The molecule has 1 aliphatic heterocycles. The maximum Gasteiger partial charge on any atom is 0.325 e. The van der Waals surface area contributed by atoms with Gasteiger partial charge in [-0.25, -0.2) is 19.8 Å². The standard InChI is InChI=1S/C21H22N8O2/c22-16-9-7-8-15(19(30)29-20-24-12-13-25-20)18(16)26-14-27-21(31)28-17-10-5-3-1-2-4-6-11-23-17/h3-14H,1-2,22H2,(H2,24,25,29,30)(H2,26,27,28,31)/b5-3+,6-4+,17-10+,23-11-. The number of nitrogen functional groups attached to an aromatic ring is 1. The van der Waals surface area contributed by atoms with E-state index in [4.69, 9.17) is 5.73 Å². The van der Waals surface area contributed by atoms with E-state index in [9.17, 15) is 9.59 Å². The average molecular weight is 418 g/mol. The Morgan fingerprint density at radius 1 is 1.16 bits per heavy atom. The number of amides is 3. The SMILES string of the molecule is Nc1cccc(C(=O)Nc2ncc[nH]2)c1N=CNC(=O)NC1=C/C=C/CC/C=C/C=N\1. The smallest absolute Gasteiger partial charge is 0.325 e. The number of allylic oxidation sites excluding steroid dienone is 5. The fourth-order valence-electron chi connectivity index (χ4n) is 2.55. The zero-order chi connectivity index (χ0) is 21.9. The molecule has 3 amide bonds. The summed E-state index contributed by atoms with van der Waals surface area (Å²) < 4.78 is 0. The number of carbonyl (C=O) groups excluding carboxylic acids is 2. The van der Waals surface area contributed by atoms with E-state index in [0.717, 1.165) is 19.2 Å². The molecule has 10 nitrogen and oxygen atoms in total. The van der Waals surface area contributed by atoms with Crippen LogP contribution >= 0.6 is 0 Å². The van der Waals surface area contributed by atoms with Crippen molar-refractivity contribution in [3.63, 3.8) is 0 Å². The van der Waals surface area contributed by atoms with E-state index in [1.807, 2.05) is 24.3 Å². The molecule has 31 heavy (non-hydrogen) atoms. The number of anilines is 2. The van der Waals surface area contributed by atoms with Gasteiger partial charge < -0.3 is 10.7 Å². The van der Waals surface area contributed by atoms with Gasteiger partial charge in [0.1, 0.15) is 11.5 Å². The van der Waals surface area contributed by atoms with Gasteiger partial charge in [-0.05, 0) is 37.1 Å². The lowest BCUT2D eigenvalue weighted by Gasteiger charge is -2.08. The predicted molar refractivity (Wildman–Crippen MR) is 121 cm³/mol. The van der Waals surface area contributed by atoms with Crippen molar-refractivity contribution in [1.82, 2.24) is 20.6 Å². The summed E-state index contributed by atoms with van der Waals surface area (Å²) in [5.74, 6) is 0.217. The highest BCUT2D eigenvalue weighted by atomic mass is 16.2. The molecule has 0 aliphatic carbocycles. The molecule has 158 valence electrons. The Hall–Kier alpha value is -4.47. The highest BCUT2D eigenvalue weighted by molar-refractivity contribution is 6.08. The van der Waals surface area contributed by atoms with Gasteiger partial charge >= 0.3 is 6.03 Å². The molecule has 1 aromatic heterocycles. The molecule has 3 rings (SSSR count). The Morgan fingerprint density at radius 3 is 2.81 bits per heavy atom. The third-order valence-corrected chi connectivity index (χ3v) is 4.00. The van der Waals surface area contributed by atoms with Crippen LogP contribution in [0.4, 0.5) is 22.1 Å². The third kappa shape index (κ3) is 6.53. The molecule has 0 atom stereocenters. The van der Waals surface area contributed by atoms with Gasteiger partial charge in [0.25, 0.3) is 5.91 Å². The van der Waals surface area contributed by atoms with Crippen LogP contribution in [0.25, 0.3) is 0 Å². The van der Waals surface area contributed by atoms with Crippen LogP contribution < -0.4 is 21.7 Å². The number of hydrogen-bond donors (Lipinski definition) is 5. The molecule has 0 radical (unpaired) electrons. The van der Waals surface area contributed by atoms with Gasteiger partial charge in [0.15, 0.2) is 0 Å². The molecule has 2 heterocycles. The first-order valence-electron chi connectivity index (χ1n) is 9.49. The van der Waals surface area contributed by atoms with Gasteiger partial charge in [-0.15, -0.1) is 0 Å². The summed E-state index contributed by atoms with van der Waals surface area (Å²) in [6.07, 6.45) is 17.0. The summed E-state index contributed by atoms with van der Waals surface area (Å²) in [4.78, 5) is 39.8. The van der Waals surface area contributed by atoms with Crippen molar-refractivity contribution < 1.29 is 9.59 Å². The molecule has 0 bridgehead atoms. The van der Waals surface area contributed by atoms with Gasteiger partial charge in [0.05, 0.1) is 17.6 Å². The zero-order valence-electron chi connectivity index (χ0n) is 16.6. The molecule has 6 N–H and O–H groups in total. The average Bonchev–Trinajstić information content (AvgIpc) is 3.26. The molecule has 2 aromatic rings. The fourth-order valence-corrected chi connectivity index (χ4v) is 2.55. The quantitative estimate of drug-likeness (QED) is 0.288. The first-order chi connectivity index (χ1) is 15.1. The minimum atomic E-state index is -0.544. The summed E-state index contributed by atoms with van der Waals surface area (Å²) >= 11 is 0. The molecule has 0 unspecified atom stereocenters. The summed E-state index contributed by atoms with van der Waals surface area (Å²) in [6.45, 7) is 0. The van der Waals surface area contributed by atoms with Crippen LogP contribution in [0, 0.1) is 0 Å². The van der Waals surface area contributed by atoms with Crippen molar-refractivity contribution in [3.8, 4) is 0 Å². The van der Waals surface area contributed by atoms with Crippen molar-refractivity contribution in [2.75, 3.05) is 11.1 Å². The minimum Gasteiger partial charge on any atom is -0.397 e. The highest BCUT2D eigenvalue weighted by Gasteiger charge is 2.14. The number of carbonyl (C=O) groups is 2. The zero-order valence-corrected chi connectivity index (χ0v) is 16.6. The van der Waals surface area contributed by atoms with Crippen LogP contribution in [-0.2, 0) is 0 Å². The summed E-state index contributed by atoms with van der Waals surface area (Å²) in [7, 11) is 0. The Morgan fingerprint density at radius 2 is 2.00 bits per heavy atom. The topological polar surface area (TPSA) is 150 Å². The molecule has 0 saturated carbocycles. The van der Waals surface area contributed by atoms with Gasteiger partial charge in [-0.1, -0.05) is 24.3 Å². The lowest BCUT2D eigenvalue weighted by molar-refractivity contribution is 0.102. The molecule has 0 spiro atoms. The maximum absolute atomic E-state index is 12.5. The number of aliphatic imine (C=N–C) groups is 2. The summed E-state index contributed by atoms with van der Waals surface area (Å²) in [6, 6.07) is 4.27. The molecular weight excluding hydrogens is 396 g/mol. The Labute approximate surface area is 178 Å². The first kappa shape index (κ1) is 21.2. The van der Waals surface area contributed by atoms with E-state index in [0.29, 0.717) is 11.8 Å². The molecular formula is C21H22N8O2. The second-order valence-electron chi connectivity index (χ2n) is 6.26. The summed E-state index contributed by atoms with van der Waals surface area (Å²) in [5, 5.41) is 7.70. The highest BCUT2D eigenvalue weighted by Crippen LogP contribution is 2.26. The Kier molecular flexibility index (Phi) is 7.47. The van der Waals surface area contributed by atoms with Crippen LogP contribution in [0.5, 0.6) is 0 Å². The predicted octanol–water partition coefficient (Wildman–Crippen LogP) is 3.02. The van der Waals surface area contributed by atoms with Gasteiger partial charge in [0.2, 0.25) is 5.95 Å². The first-order valence-corrected chi connectivity index (χ1v) is 9.49. The van der Waals surface area contributed by atoms with E-state index in [2.05, 4.69) is 35.9 Å². The van der Waals surface area contributed by atoms with Crippen LogP contribution in [0.1, 0.15) is 23.2 Å². The number of aromatic nitrogens is 2. The third-order valence-electron chi connectivity index (χ3n) is 4.00. The number of nitrogens with one attached hydrogen (secondary N) is 4. The van der Waals surface area contributed by atoms with Crippen LogP contribution in [-0.4, -0.2) is 34.5 Å². The molecule has 0 fully saturated rings. The van der Waals surface area contributed by atoms with Crippen LogP contribution in [0.15, 0.2) is 76.8 Å². The van der Waals surface area contributed by atoms with E-state index < -0.39 is 11.9 Å². The molecule has 0 saturated heterocycles. The number of rotatable bonds is 5. The minimum absolute atomic E-state index is 0.218. The largest absolute Gasteiger partial charge is 0.397 e. The normalized spacial score (nSPS) is 18.4. The number of hydrogen-bond acceptors (Lipinski definition) is 6. The number of urea groups is 1. The molecule has 1 aliphatic rings. The Balaban J connectivity index is 1.66. The van der Waals surface area contributed by atoms with Gasteiger partial charge in [0, 0.05) is 18.6 Å². The summed E-state index contributed by atoms with van der Waals surface area (Å²) in [5.41, 5.74) is 6.70. The van der Waals surface area contributed by atoms with Crippen molar-refractivity contribution in [3.05, 3.63) is 72.4 Å². The van der Waals surface area contributed by atoms with Crippen molar-refractivity contribution >= 4 is 41.8 Å². The number of benzene rings is 1. The second kappa shape index (κ2) is 10.9. The Bertz CT molecular complexity index is 1070.